The lowest BCUT2D eigenvalue weighted by atomic mass is 10.1. The molecule has 0 aliphatic carbocycles. The van der Waals surface area contributed by atoms with E-state index in [4.69, 9.17) is 11.6 Å². The van der Waals surface area contributed by atoms with Crippen LogP contribution in [0.4, 0.5) is 5.69 Å². The smallest absolute Gasteiger partial charge is 0.237 e. The number of aromatic nitrogens is 3. The standard InChI is InChI=1S/C19H17ClN4O2S2/c20-18-8-7-17(28-18)16(25)6-1-13-11-24(22-21-13)15-4-2-14(3-5-15)23-9-10-27-12-19(23)26/h2-5,7-8,11H,1,6,9-10,12H2. The maximum absolute atomic E-state index is 12.2. The molecule has 1 aromatic carbocycles. The van der Waals surface area contributed by atoms with Crippen LogP contribution < -0.4 is 4.90 Å². The molecule has 0 unspecified atom stereocenters. The van der Waals surface area contributed by atoms with Gasteiger partial charge in [0.25, 0.3) is 0 Å². The summed E-state index contributed by atoms with van der Waals surface area (Å²) >= 11 is 8.84. The highest BCUT2D eigenvalue weighted by Gasteiger charge is 2.20. The van der Waals surface area contributed by atoms with Crippen LogP contribution in [0, 0.1) is 0 Å². The third-order valence-electron chi connectivity index (χ3n) is 4.41. The first kappa shape index (κ1) is 19.2. The van der Waals surface area contributed by atoms with Crippen molar-refractivity contribution in [2.75, 3.05) is 23.0 Å². The third kappa shape index (κ3) is 4.29. The maximum atomic E-state index is 12.2. The van der Waals surface area contributed by atoms with E-state index in [0.717, 1.165) is 29.4 Å². The molecule has 144 valence electrons. The molecule has 0 spiro atoms. The molecule has 1 amide bonds. The number of amides is 1. The number of benzene rings is 1. The summed E-state index contributed by atoms with van der Waals surface area (Å²) in [5.74, 6) is 1.69. The van der Waals surface area contributed by atoms with E-state index in [-0.39, 0.29) is 11.7 Å². The van der Waals surface area contributed by atoms with Crippen molar-refractivity contribution in [3.05, 3.63) is 57.5 Å². The van der Waals surface area contributed by atoms with Crippen LogP contribution in [-0.4, -0.2) is 44.7 Å². The first-order chi connectivity index (χ1) is 13.6. The van der Waals surface area contributed by atoms with Crippen molar-refractivity contribution < 1.29 is 9.59 Å². The molecule has 9 heteroatoms. The summed E-state index contributed by atoms with van der Waals surface area (Å²) in [4.78, 5) is 26.7. The fourth-order valence-corrected chi connectivity index (χ4v) is 4.74. The molecule has 1 saturated heterocycles. The lowest BCUT2D eigenvalue weighted by Crippen LogP contribution is -2.38. The van der Waals surface area contributed by atoms with E-state index in [9.17, 15) is 9.59 Å². The number of nitrogens with zero attached hydrogens (tertiary/aromatic N) is 4. The second-order valence-electron chi connectivity index (χ2n) is 6.30. The van der Waals surface area contributed by atoms with Crippen LogP contribution in [0.3, 0.4) is 0 Å². The van der Waals surface area contributed by atoms with Gasteiger partial charge in [-0.05, 0) is 36.4 Å². The first-order valence-corrected chi connectivity index (χ1v) is 11.1. The molecular weight excluding hydrogens is 416 g/mol. The number of halogens is 1. The van der Waals surface area contributed by atoms with Gasteiger partial charge in [-0.2, -0.15) is 11.8 Å². The maximum Gasteiger partial charge on any atom is 0.237 e. The molecule has 6 nitrogen and oxygen atoms in total. The molecule has 4 rings (SSSR count). The zero-order valence-corrected chi connectivity index (χ0v) is 17.3. The number of thioether (sulfide) groups is 1. The molecule has 2 aromatic heterocycles. The number of thiophene rings is 1. The molecule has 0 atom stereocenters. The lowest BCUT2D eigenvalue weighted by molar-refractivity contribution is -0.116. The van der Waals surface area contributed by atoms with Crippen LogP contribution in [0.1, 0.15) is 21.8 Å². The van der Waals surface area contributed by atoms with E-state index < -0.39 is 0 Å². The van der Waals surface area contributed by atoms with Crippen LogP contribution in [0.15, 0.2) is 42.6 Å². The summed E-state index contributed by atoms with van der Waals surface area (Å²) in [5, 5.41) is 8.31. The van der Waals surface area contributed by atoms with Gasteiger partial charge in [-0.25, -0.2) is 4.68 Å². The summed E-state index contributed by atoms with van der Waals surface area (Å²) in [6.45, 7) is 0.736. The molecule has 1 fully saturated rings. The summed E-state index contributed by atoms with van der Waals surface area (Å²) in [6.07, 6.45) is 2.71. The number of carbonyl (C=O) groups excluding carboxylic acids is 2. The number of Topliss-reactive ketones (excluding diaryl/α,β-unsaturated/α-hetero) is 1. The predicted molar refractivity (Wildman–Crippen MR) is 113 cm³/mol. The van der Waals surface area contributed by atoms with E-state index >= 15 is 0 Å². The van der Waals surface area contributed by atoms with E-state index in [1.54, 1.807) is 28.6 Å². The van der Waals surface area contributed by atoms with Gasteiger partial charge >= 0.3 is 0 Å². The largest absolute Gasteiger partial charge is 0.311 e. The average Bonchev–Trinajstić information content (AvgIpc) is 3.36. The van der Waals surface area contributed by atoms with Gasteiger partial charge < -0.3 is 4.90 Å². The normalized spacial score (nSPS) is 14.5. The minimum Gasteiger partial charge on any atom is -0.311 e. The number of rotatable bonds is 6. The van der Waals surface area contributed by atoms with E-state index in [1.165, 1.54) is 11.3 Å². The molecule has 0 radical (unpaired) electrons. The van der Waals surface area contributed by atoms with Gasteiger partial charge in [0, 0.05) is 30.8 Å². The summed E-state index contributed by atoms with van der Waals surface area (Å²) in [5.41, 5.74) is 2.51. The number of carbonyl (C=O) groups is 2. The Morgan fingerprint density at radius 3 is 2.64 bits per heavy atom. The Kier molecular flexibility index (Phi) is 5.79. The minimum absolute atomic E-state index is 0.0557. The van der Waals surface area contributed by atoms with Gasteiger partial charge in [-0.3, -0.25) is 9.59 Å². The number of aryl methyl sites for hydroxylation is 1. The molecule has 1 aliphatic heterocycles. The molecule has 0 saturated carbocycles. The van der Waals surface area contributed by atoms with Gasteiger partial charge in [0.2, 0.25) is 5.91 Å². The van der Waals surface area contributed by atoms with Gasteiger partial charge in [-0.1, -0.05) is 16.8 Å². The number of ketones is 1. The average molecular weight is 433 g/mol. The van der Waals surface area contributed by atoms with E-state index in [0.29, 0.717) is 27.8 Å². The van der Waals surface area contributed by atoms with Crippen molar-refractivity contribution in [1.82, 2.24) is 15.0 Å². The van der Waals surface area contributed by atoms with Gasteiger partial charge in [0.15, 0.2) is 5.78 Å². The second kappa shape index (κ2) is 8.46. The van der Waals surface area contributed by atoms with Gasteiger partial charge in [0.05, 0.1) is 32.5 Å². The van der Waals surface area contributed by atoms with Crippen LogP contribution in [0.5, 0.6) is 0 Å². The molecule has 28 heavy (non-hydrogen) atoms. The Hall–Kier alpha value is -2.16. The van der Waals surface area contributed by atoms with Crippen LogP contribution in [0.25, 0.3) is 5.69 Å². The Bertz CT molecular complexity index is 1000. The predicted octanol–water partition coefficient (Wildman–Crippen LogP) is 3.88. The van der Waals surface area contributed by atoms with Crippen LogP contribution in [-0.2, 0) is 11.2 Å². The molecule has 3 heterocycles. The van der Waals surface area contributed by atoms with Crippen molar-refractivity contribution in [2.24, 2.45) is 0 Å². The molecular formula is C19H17ClN4O2S2. The molecule has 0 bridgehead atoms. The molecule has 1 aliphatic rings. The quantitative estimate of drug-likeness (QED) is 0.553. The summed E-state index contributed by atoms with van der Waals surface area (Å²) < 4.78 is 2.29. The number of hydrogen-bond donors (Lipinski definition) is 0. The monoisotopic (exact) mass is 432 g/mol. The number of anilines is 1. The highest BCUT2D eigenvalue weighted by molar-refractivity contribution is 8.00. The van der Waals surface area contributed by atoms with E-state index in [1.807, 2.05) is 35.4 Å². The minimum atomic E-state index is 0.0557. The van der Waals surface area contributed by atoms with Crippen LogP contribution >= 0.6 is 34.7 Å². The fourth-order valence-electron chi connectivity index (χ4n) is 2.94. The zero-order valence-electron chi connectivity index (χ0n) is 14.9. The van der Waals surface area contributed by atoms with Crippen molar-refractivity contribution >= 4 is 52.1 Å². The van der Waals surface area contributed by atoms with Crippen molar-refractivity contribution in [3.63, 3.8) is 0 Å². The Morgan fingerprint density at radius 2 is 1.93 bits per heavy atom. The van der Waals surface area contributed by atoms with Crippen molar-refractivity contribution in [3.8, 4) is 5.69 Å². The Labute approximate surface area is 175 Å². The summed E-state index contributed by atoms with van der Waals surface area (Å²) in [7, 11) is 0. The highest BCUT2D eigenvalue weighted by atomic mass is 35.5. The number of hydrogen-bond acceptors (Lipinski definition) is 6. The van der Waals surface area contributed by atoms with Crippen molar-refractivity contribution in [1.29, 1.82) is 0 Å². The SMILES string of the molecule is O=C(CCc1cn(-c2ccc(N3CCSCC3=O)cc2)nn1)c1ccc(Cl)s1. The lowest BCUT2D eigenvalue weighted by Gasteiger charge is -2.26. The van der Waals surface area contributed by atoms with E-state index in [2.05, 4.69) is 10.3 Å². The third-order valence-corrected chi connectivity index (χ3v) is 6.60. The van der Waals surface area contributed by atoms with Gasteiger partial charge in [-0.15, -0.1) is 16.4 Å². The topological polar surface area (TPSA) is 68.1 Å². The molecule has 3 aromatic rings. The highest BCUT2D eigenvalue weighted by Crippen LogP contribution is 2.24. The van der Waals surface area contributed by atoms with Gasteiger partial charge in [0.1, 0.15) is 0 Å². The van der Waals surface area contributed by atoms with Crippen molar-refractivity contribution in [2.45, 2.75) is 12.8 Å². The fraction of sp³-hybridized carbons (Fsp3) is 0.263. The zero-order chi connectivity index (χ0) is 19.5. The summed E-state index contributed by atoms with van der Waals surface area (Å²) in [6, 6.07) is 11.2. The Morgan fingerprint density at radius 1 is 1.14 bits per heavy atom. The van der Waals surface area contributed by atoms with Crippen LogP contribution in [0.2, 0.25) is 4.34 Å². The second-order valence-corrected chi connectivity index (χ2v) is 9.12. The first-order valence-electron chi connectivity index (χ1n) is 8.78. The molecule has 0 N–H and O–H groups in total. The Balaban J connectivity index is 1.39.